The Morgan fingerprint density at radius 3 is 2.19 bits per heavy atom. The van der Waals surface area contributed by atoms with E-state index in [1.54, 1.807) is 47.0 Å². The Morgan fingerprint density at radius 1 is 0.838 bits per heavy atom. The fourth-order valence-electron chi connectivity index (χ4n) is 3.90. The lowest BCUT2D eigenvalue weighted by Gasteiger charge is -2.15. The van der Waals surface area contributed by atoms with Gasteiger partial charge >= 0.3 is 6.01 Å². The van der Waals surface area contributed by atoms with E-state index in [9.17, 15) is 4.79 Å². The lowest BCUT2D eigenvalue weighted by Crippen LogP contribution is -2.22. The number of hydrogen-bond acceptors (Lipinski definition) is 5. The number of likely N-dealkylation sites (N-methyl/N-ethyl adjacent to an activating group) is 1. The van der Waals surface area contributed by atoms with Gasteiger partial charge in [-0.05, 0) is 68.7 Å². The van der Waals surface area contributed by atoms with Crippen molar-refractivity contribution in [2.75, 3.05) is 27.2 Å². The van der Waals surface area contributed by atoms with E-state index in [0.29, 0.717) is 50.9 Å². The second kappa shape index (κ2) is 10.6. The molecule has 0 spiro atoms. The van der Waals surface area contributed by atoms with Crippen LogP contribution >= 0.6 is 34.8 Å². The van der Waals surface area contributed by atoms with Gasteiger partial charge in [-0.2, -0.15) is 4.98 Å². The number of para-hydroxylation sites is 1. The third-order valence-electron chi connectivity index (χ3n) is 5.69. The molecule has 0 aliphatic heterocycles. The van der Waals surface area contributed by atoms with Gasteiger partial charge in [-0.25, -0.2) is 9.55 Å². The second-order valence-corrected chi connectivity index (χ2v) is 9.85. The van der Waals surface area contributed by atoms with E-state index >= 15 is 0 Å². The van der Waals surface area contributed by atoms with Gasteiger partial charge in [0.2, 0.25) is 0 Å². The van der Waals surface area contributed by atoms with Crippen molar-refractivity contribution in [1.29, 1.82) is 0 Å². The van der Waals surface area contributed by atoms with E-state index in [1.165, 1.54) is 4.57 Å². The van der Waals surface area contributed by atoms with E-state index in [2.05, 4.69) is 4.98 Å². The number of fused-ring (bicyclic) bond motifs is 1. The van der Waals surface area contributed by atoms with Gasteiger partial charge in [-0.1, -0.05) is 53.0 Å². The summed E-state index contributed by atoms with van der Waals surface area (Å²) < 4.78 is 9.26. The van der Waals surface area contributed by atoms with E-state index < -0.39 is 0 Å². The molecule has 5 rings (SSSR count). The van der Waals surface area contributed by atoms with Gasteiger partial charge in [0.05, 0.1) is 16.4 Å². The Morgan fingerprint density at radius 2 is 1.51 bits per heavy atom. The normalized spacial score (nSPS) is 11.4. The fraction of sp³-hybridized carbons (Fsp3) is 0.148. The SMILES string of the molecule is CN(C)CCOc1nc2c(=O)n(-c3ccc(Cl)cc3)c(-c3ccc(Cl)cc3Cl)nc2n1-c1ccccc1. The van der Waals surface area contributed by atoms with Gasteiger partial charge in [0.15, 0.2) is 17.0 Å². The molecule has 0 fully saturated rings. The molecule has 0 saturated heterocycles. The molecule has 0 bridgehead atoms. The highest BCUT2D eigenvalue weighted by atomic mass is 35.5. The van der Waals surface area contributed by atoms with Gasteiger partial charge in [0.25, 0.3) is 5.56 Å². The number of halogens is 3. The molecule has 0 amide bonds. The summed E-state index contributed by atoms with van der Waals surface area (Å²) in [5, 5.41) is 1.37. The van der Waals surface area contributed by atoms with Crippen molar-refractivity contribution in [3.05, 3.63) is 98.2 Å². The standard InChI is InChI=1S/C27H22Cl3N5O2/c1-33(2)14-15-37-27-31-23-25(35(27)19-6-4-3-5-7-19)32-24(21-13-10-18(29)16-22(21)30)34(26(23)36)20-11-8-17(28)9-12-20/h3-13,16H,14-15H2,1-2H3. The summed E-state index contributed by atoms with van der Waals surface area (Å²) >= 11 is 18.9. The maximum atomic E-state index is 14.0. The van der Waals surface area contributed by atoms with Gasteiger partial charge < -0.3 is 9.64 Å². The molecule has 0 N–H and O–H groups in total. The summed E-state index contributed by atoms with van der Waals surface area (Å²) in [5.41, 5.74) is 1.99. The lowest BCUT2D eigenvalue weighted by atomic mass is 10.2. The summed E-state index contributed by atoms with van der Waals surface area (Å²) in [5.74, 6) is 0.332. The predicted octanol–water partition coefficient (Wildman–Crippen LogP) is 6.14. The van der Waals surface area contributed by atoms with Gasteiger partial charge in [0, 0.05) is 22.2 Å². The minimum absolute atomic E-state index is 0.160. The van der Waals surface area contributed by atoms with Crippen molar-refractivity contribution >= 4 is 46.0 Å². The van der Waals surface area contributed by atoms with Crippen molar-refractivity contribution < 1.29 is 4.74 Å². The molecule has 0 aliphatic rings. The van der Waals surface area contributed by atoms with Crippen molar-refractivity contribution in [2.45, 2.75) is 0 Å². The molecule has 0 saturated carbocycles. The van der Waals surface area contributed by atoms with E-state index in [-0.39, 0.29) is 17.1 Å². The number of benzene rings is 3. The highest BCUT2D eigenvalue weighted by molar-refractivity contribution is 6.36. The van der Waals surface area contributed by atoms with Crippen molar-refractivity contribution in [1.82, 2.24) is 24.0 Å². The summed E-state index contributed by atoms with van der Waals surface area (Å²) in [7, 11) is 3.91. The lowest BCUT2D eigenvalue weighted by molar-refractivity contribution is 0.243. The topological polar surface area (TPSA) is 65.2 Å². The summed E-state index contributed by atoms with van der Waals surface area (Å²) in [6, 6.07) is 21.8. The molecule has 188 valence electrons. The largest absolute Gasteiger partial charge is 0.463 e. The first-order valence-corrected chi connectivity index (χ1v) is 12.6. The molecule has 2 heterocycles. The molecule has 3 aromatic carbocycles. The number of hydrogen-bond donors (Lipinski definition) is 0. The summed E-state index contributed by atoms with van der Waals surface area (Å²) in [4.78, 5) is 25.6. The van der Waals surface area contributed by atoms with E-state index in [4.69, 9.17) is 44.5 Å². The predicted molar refractivity (Wildman–Crippen MR) is 149 cm³/mol. The summed E-state index contributed by atoms with van der Waals surface area (Å²) in [6.07, 6.45) is 0. The number of rotatable bonds is 7. The van der Waals surface area contributed by atoms with Crippen molar-refractivity contribution in [3.8, 4) is 28.8 Å². The molecular formula is C27H22Cl3N5O2. The van der Waals surface area contributed by atoms with Crippen LogP contribution < -0.4 is 10.3 Å². The minimum atomic E-state index is -0.375. The average molecular weight is 555 g/mol. The Kier molecular flexibility index (Phi) is 7.22. The molecule has 7 nitrogen and oxygen atoms in total. The molecule has 0 unspecified atom stereocenters. The van der Waals surface area contributed by atoms with Gasteiger partial charge in [-0.15, -0.1) is 0 Å². The third-order valence-corrected chi connectivity index (χ3v) is 6.49. The number of aromatic nitrogens is 4. The van der Waals surface area contributed by atoms with Gasteiger partial charge in [0.1, 0.15) is 6.61 Å². The van der Waals surface area contributed by atoms with Crippen LogP contribution in [0, 0.1) is 0 Å². The van der Waals surface area contributed by atoms with Crippen molar-refractivity contribution in [3.63, 3.8) is 0 Å². The third kappa shape index (κ3) is 5.08. The second-order valence-electron chi connectivity index (χ2n) is 8.57. The zero-order valence-corrected chi connectivity index (χ0v) is 22.3. The maximum absolute atomic E-state index is 14.0. The quantitative estimate of drug-likeness (QED) is 0.242. The molecule has 5 aromatic rings. The number of imidazole rings is 1. The molecule has 0 aliphatic carbocycles. The van der Waals surface area contributed by atoms with Crippen LogP contribution in [0.5, 0.6) is 6.01 Å². The monoisotopic (exact) mass is 553 g/mol. The zero-order valence-electron chi connectivity index (χ0n) is 20.0. The molecular weight excluding hydrogens is 533 g/mol. The molecule has 10 heteroatoms. The number of nitrogens with zero attached hydrogens (tertiary/aromatic N) is 5. The zero-order chi connectivity index (χ0) is 26.1. The average Bonchev–Trinajstić information content (AvgIpc) is 3.24. The Hall–Kier alpha value is -3.36. The van der Waals surface area contributed by atoms with Crippen LogP contribution in [0.15, 0.2) is 77.6 Å². The highest BCUT2D eigenvalue weighted by Crippen LogP contribution is 2.32. The van der Waals surface area contributed by atoms with Crippen LogP contribution in [0.3, 0.4) is 0 Å². The van der Waals surface area contributed by atoms with Crippen LogP contribution in [0.4, 0.5) is 0 Å². The van der Waals surface area contributed by atoms with Crippen LogP contribution in [0.2, 0.25) is 15.1 Å². The fourth-order valence-corrected chi connectivity index (χ4v) is 4.52. The smallest absolute Gasteiger partial charge is 0.303 e. The first kappa shape index (κ1) is 25.3. The van der Waals surface area contributed by atoms with Crippen LogP contribution in [-0.4, -0.2) is 51.2 Å². The van der Waals surface area contributed by atoms with E-state index in [0.717, 1.165) is 5.69 Å². The maximum Gasteiger partial charge on any atom is 0.303 e. The van der Waals surface area contributed by atoms with Crippen molar-refractivity contribution in [2.24, 2.45) is 0 Å². The minimum Gasteiger partial charge on any atom is -0.463 e. The van der Waals surface area contributed by atoms with Gasteiger partial charge in [-0.3, -0.25) is 9.36 Å². The first-order valence-electron chi connectivity index (χ1n) is 11.4. The molecule has 2 aromatic heterocycles. The first-order chi connectivity index (χ1) is 17.8. The van der Waals surface area contributed by atoms with E-state index in [1.807, 2.05) is 49.3 Å². The Labute approximate surface area is 228 Å². The number of ether oxygens (including phenoxy) is 1. The van der Waals surface area contributed by atoms with Crippen LogP contribution in [-0.2, 0) is 0 Å². The summed E-state index contributed by atoms with van der Waals surface area (Å²) in [6.45, 7) is 1.05. The molecule has 0 radical (unpaired) electrons. The Balaban J connectivity index is 1.84. The molecule has 37 heavy (non-hydrogen) atoms. The van der Waals surface area contributed by atoms with Crippen LogP contribution in [0.25, 0.3) is 33.9 Å². The Bertz CT molecular complexity index is 1630. The van der Waals surface area contributed by atoms with Crippen LogP contribution in [0.1, 0.15) is 0 Å². The highest BCUT2D eigenvalue weighted by Gasteiger charge is 2.24. The molecule has 0 atom stereocenters.